The van der Waals surface area contributed by atoms with E-state index in [-0.39, 0.29) is 11.8 Å². The van der Waals surface area contributed by atoms with E-state index in [2.05, 4.69) is 34.9 Å². The number of carbonyl (C=O) groups excluding carboxylic acids is 2. The Morgan fingerprint density at radius 1 is 1.04 bits per heavy atom. The van der Waals surface area contributed by atoms with Gasteiger partial charge in [-0.2, -0.15) is 0 Å². The molecule has 2 fully saturated rings. The van der Waals surface area contributed by atoms with Crippen LogP contribution in [0.2, 0.25) is 0 Å². The average Bonchev–Trinajstić information content (AvgIpc) is 2.58. The minimum absolute atomic E-state index is 0.205. The number of ether oxygens (including phenoxy) is 1. The van der Waals surface area contributed by atoms with Gasteiger partial charge in [0.2, 0.25) is 5.91 Å². The summed E-state index contributed by atoms with van der Waals surface area (Å²) in [6, 6.07) is 8.75. The molecule has 124 valence electrons. The quantitative estimate of drug-likeness (QED) is 0.808. The van der Waals surface area contributed by atoms with E-state index in [1.165, 1.54) is 24.0 Å². The Balaban J connectivity index is 1.45. The second kappa shape index (κ2) is 7.70. The Bertz CT molecular complexity index is 550. The first-order valence-corrected chi connectivity index (χ1v) is 8.47. The first kappa shape index (κ1) is 16.1. The maximum absolute atomic E-state index is 11.6. The number of hydrogen-bond acceptors (Lipinski definition) is 4. The van der Waals surface area contributed by atoms with Crippen molar-refractivity contribution in [1.82, 2.24) is 10.6 Å². The summed E-state index contributed by atoms with van der Waals surface area (Å²) in [6.45, 7) is 2.71. The van der Waals surface area contributed by atoms with Crippen LogP contribution in [0.25, 0.3) is 0 Å². The summed E-state index contributed by atoms with van der Waals surface area (Å²) in [4.78, 5) is 22.7. The van der Waals surface area contributed by atoms with Crippen LogP contribution in [0.1, 0.15) is 42.7 Å². The molecule has 1 unspecified atom stereocenters. The van der Waals surface area contributed by atoms with E-state index >= 15 is 0 Å². The van der Waals surface area contributed by atoms with Crippen LogP contribution >= 0.6 is 0 Å². The molecule has 2 amide bonds. The molecule has 1 atom stereocenters. The molecule has 1 aromatic carbocycles. The molecule has 2 N–H and O–H groups in total. The standard InChI is InChI=1S/C18H24N2O3/c21-17-6-5-16(18(22)20-17)23-12-9-13-1-3-14(4-2-13)15-7-10-19-11-8-15/h1-4,15-16,19H,5-12H2,(H,20,21,22). The summed E-state index contributed by atoms with van der Waals surface area (Å²) in [5, 5.41) is 5.70. The Morgan fingerprint density at radius 3 is 2.48 bits per heavy atom. The summed E-state index contributed by atoms with van der Waals surface area (Å²) in [5.41, 5.74) is 2.64. The summed E-state index contributed by atoms with van der Waals surface area (Å²) < 4.78 is 5.62. The van der Waals surface area contributed by atoms with Crippen molar-refractivity contribution in [2.24, 2.45) is 0 Å². The van der Waals surface area contributed by atoms with Crippen molar-refractivity contribution in [3.8, 4) is 0 Å². The van der Waals surface area contributed by atoms with E-state index in [1.54, 1.807) is 0 Å². The lowest BCUT2D eigenvalue weighted by Crippen LogP contribution is -2.45. The molecule has 0 spiro atoms. The van der Waals surface area contributed by atoms with Gasteiger partial charge in [-0.1, -0.05) is 24.3 Å². The molecule has 0 bridgehead atoms. The van der Waals surface area contributed by atoms with Crippen LogP contribution < -0.4 is 10.6 Å². The number of amides is 2. The number of rotatable bonds is 5. The van der Waals surface area contributed by atoms with Gasteiger partial charge in [-0.3, -0.25) is 14.9 Å². The highest BCUT2D eigenvalue weighted by Crippen LogP contribution is 2.25. The van der Waals surface area contributed by atoms with E-state index < -0.39 is 6.10 Å². The number of benzene rings is 1. The normalized spacial score (nSPS) is 22.9. The van der Waals surface area contributed by atoms with Crippen molar-refractivity contribution in [3.63, 3.8) is 0 Å². The molecule has 5 nitrogen and oxygen atoms in total. The fourth-order valence-electron chi connectivity index (χ4n) is 3.26. The molecule has 5 heteroatoms. The minimum Gasteiger partial charge on any atom is -0.368 e. The molecule has 2 saturated heterocycles. The lowest BCUT2D eigenvalue weighted by atomic mass is 9.89. The van der Waals surface area contributed by atoms with Gasteiger partial charge in [0.15, 0.2) is 0 Å². The van der Waals surface area contributed by atoms with E-state index in [1.807, 2.05) is 0 Å². The molecular formula is C18H24N2O3. The Hall–Kier alpha value is -1.72. The van der Waals surface area contributed by atoms with E-state index in [9.17, 15) is 9.59 Å². The first-order valence-electron chi connectivity index (χ1n) is 8.47. The lowest BCUT2D eigenvalue weighted by molar-refractivity contribution is -0.143. The number of imide groups is 1. The third-order valence-corrected chi connectivity index (χ3v) is 4.69. The van der Waals surface area contributed by atoms with Crippen molar-refractivity contribution < 1.29 is 14.3 Å². The zero-order valence-electron chi connectivity index (χ0n) is 13.3. The van der Waals surface area contributed by atoms with Crippen molar-refractivity contribution in [3.05, 3.63) is 35.4 Å². The average molecular weight is 316 g/mol. The monoisotopic (exact) mass is 316 g/mol. The van der Waals surface area contributed by atoms with Gasteiger partial charge in [0.05, 0.1) is 6.61 Å². The molecule has 2 heterocycles. The van der Waals surface area contributed by atoms with Crippen LogP contribution in [0, 0.1) is 0 Å². The third-order valence-electron chi connectivity index (χ3n) is 4.69. The summed E-state index contributed by atoms with van der Waals surface area (Å²) in [5.74, 6) is 0.163. The lowest BCUT2D eigenvalue weighted by Gasteiger charge is -2.23. The van der Waals surface area contributed by atoms with E-state index in [0.717, 1.165) is 19.5 Å². The van der Waals surface area contributed by atoms with Gasteiger partial charge in [0.25, 0.3) is 5.91 Å². The van der Waals surface area contributed by atoms with Gasteiger partial charge in [-0.05, 0) is 55.8 Å². The Labute approximate surface area is 136 Å². The van der Waals surface area contributed by atoms with Crippen LogP contribution in [-0.2, 0) is 20.7 Å². The van der Waals surface area contributed by atoms with Crippen LogP contribution in [0.3, 0.4) is 0 Å². The Morgan fingerprint density at radius 2 is 1.78 bits per heavy atom. The second-order valence-corrected chi connectivity index (χ2v) is 6.33. The summed E-state index contributed by atoms with van der Waals surface area (Å²) >= 11 is 0. The molecule has 0 saturated carbocycles. The van der Waals surface area contributed by atoms with Crippen LogP contribution in [-0.4, -0.2) is 37.6 Å². The van der Waals surface area contributed by atoms with Crippen LogP contribution in [0.5, 0.6) is 0 Å². The number of nitrogens with one attached hydrogen (secondary N) is 2. The molecule has 0 radical (unpaired) electrons. The highest BCUT2D eigenvalue weighted by molar-refractivity contribution is 5.99. The van der Waals surface area contributed by atoms with Crippen LogP contribution in [0.4, 0.5) is 0 Å². The zero-order chi connectivity index (χ0) is 16.1. The van der Waals surface area contributed by atoms with E-state index in [0.29, 0.717) is 25.4 Å². The fourth-order valence-corrected chi connectivity index (χ4v) is 3.26. The van der Waals surface area contributed by atoms with Crippen molar-refractivity contribution >= 4 is 11.8 Å². The largest absolute Gasteiger partial charge is 0.368 e. The third kappa shape index (κ3) is 4.39. The molecule has 2 aliphatic rings. The topological polar surface area (TPSA) is 67.4 Å². The minimum atomic E-state index is -0.485. The zero-order valence-corrected chi connectivity index (χ0v) is 13.3. The fraction of sp³-hybridized carbons (Fsp3) is 0.556. The van der Waals surface area contributed by atoms with Crippen molar-refractivity contribution in [2.45, 2.75) is 44.1 Å². The van der Waals surface area contributed by atoms with Gasteiger partial charge >= 0.3 is 0 Å². The number of hydrogen-bond donors (Lipinski definition) is 2. The van der Waals surface area contributed by atoms with Gasteiger partial charge in [0.1, 0.15) is 6.10 Å². The Kier molecular flexibility index (Phi) is 5.41. The predicted octanol–water partition coefficient (Wildman–Crippen LogP) is 1.52. The van der Waals surface area contributed by atoms with E-state index in [4.69, 9.17) is 4.74 Å². The van der Waals surface area contributed by atoms with Crippen LogP contribution in [0.15, 0.2) is 24.3 Å². The molecule has 0 aliphatic carbocycles. The SMILES string of the molecule is O=C1CCC(OCCc2ccc(C3CCNCC3)cc2)C(=O)N1. The van der Waals surface area contributed by atoms with Gasteiger partial charge in [0, 0.05) is 6.42 Å². The van der Waals surface area contributed by atoms with Gasteiger partial charge < -0.3 is 10.1 Å². The van der Waals surface area contributed by atoms with Gasteiger partial charge in [-0.25, -0.2) is 0 Å². The van der Waals surface area contributed by atoms with Crippen molar-refractivity contribution in [1.29, 1.82) is 0 Å². The number of carbonyl (C=O) groups is 2. The highest BCUT2D eigenvalue weighted by Gasteiger charge is 2.26. The second-order valence-electron chi connectivity index (χ2n) is 6.33. The van der Waals surface area contributed by atoms with Crippen molar-refractivity contribution in [2.75, 3.05) is 19.7 Å². The molecule has 0 aromatic heterocycles. The van der Waals surface area contributed by atoms with Gasteiger partial charge in [-0.15, -0.1) is 0 Å². The number of piperidine rings is 2. The highest BCUT2D eigenvalue weighted by atomic mass is 16.5. The summed E-state index contributed by atoms with van der Waals surface area (Å²) in [7, 11) is 0. The molecule has 1 aromatic rings. The molecule has 23 heavy (non-hydrogen) atoms. The molecule has 2 aliphatic heterocycles. The molecular weight excluding hydrogens is 292 g/mol. The maximum atomic E-state index is 11.6. The maximum Gasteiger partial charge on any atom is 0.255 e. The smallest absolute Gasteiger partial charge is 0.255 e. The predicted molar refractivity (Wildman–Crippen MR) is 87.1 cm³/mol. The molecule has 3 rings (SSSR count). The summed E-state index contributed by atoms with van der Waals surface area (Å²) in [6.07, 6.45) is 3.56. The first-order chi connectivity index (χ1) is 11.2.